The third kappa shape index (κ3) is 4.39. The molecule has 180 valence electrons. The number of ether oxygens (including phenoxy) is 2. The highest BCUT2D eigenvalue weighted by Crippen LogP contribution is 2.36. The predicted molar refractivity (Wildman–Crippen MR) is 141 cm³/mol. The number of aromatic nitrogens is 2. The predicted octanol–water partition coefficient (Wildman–Crippen LogP) is 4.34. The molecule has 4 heterocycles. The van der Waals surface area contributed by atoms with E-state index < -0.39 is 0 Å². The third-order valence-electron chi connectivity index (χ3n) is 6.01. The van der Waals surface area contributed by atoms with Crippen LogP contribution in [0.25, 0.3) is 11.7 Å². The smallest absolute Gasteiger partial charge is 0.267 e. The fourth-order valence-corrected chi connectivity index (χ4v) is 5.11. The highest BCUT2D eigenvalue weighted by atomic mass is 32.2. The Balaban J connectivity index is 1.51. The zero-order valence-corrected chi connectivity index (χ0v) is 21.2. The molecule has 0 aliphatic carbocycles. The molecule has 1 N–H and O–H groups in total. The van der Waals surface area contributed by atoms with Gasteiger partial charge in [0.05, 0.1) is 17.0 Å². The number of anilines is 1. The lowest BCUT2D eigenvalue weighted by molar-refractivity contribution is -0.122. The number of hydrogen-bond donors (Lipinski definition) is 1. The number of amides is 1. The molecule has 3 aromatic rings. The molecular formula is C25H24N4O4S2. The van der Waals surface area contributed by atoms with Crippen LogP contribution in [-0.4, -0.2) is 37.3 Å². The highest BCUT2D eigenvalue weighted by molar-refractivity contribution is 8.26. The molecular weight excluding hydrogens is 484 g/mol. The first-order valence-electron chi connectivity index (χ1n) is 11.3. The summed E-state index contributed by atoms with van der Waals surface area (Å²) in [5.74, 6) is 1.54. The molecule has 2 aromatic heterocycles. The normalized spacial score (nSPS) is 17.0. The SMILES string of the molecule is CC[C@H](C)Nc1nc2c(C)cccn2c(=O)c1/C=C1\SC(=S)N(Cc2ccc3c(c2)OCO3)C1=O. The van der Waals surface area contributed by atoms with E-state index in [2.05, 4.69) is 12.2 Å². The van der Waals surface area contributed by atoms with Crippen molar-refractivity contribution in [3.05, 3.63) is 68.5 Å². The van der Waals surface area contributed by atoms with E-state index in [1.54, 1.807) is 12.3 Å². The van der Waals surface area contributed by atoms with Crippen LogP contribution in [0.1, 0.15) is 37.0 Å². The Morgan fingerprint density at radius 3 is 2.86 bits per heavy atom. The maximum atomic E-state index is 13.5. The van der Waals surface area contributed by atoms with Gasteiger partial charge in [-0.2, -0.15) is 0 Å². The van der Waals surface area contributed by atoms with Gasteiger partial charge >= 0.3 is 0 Å². The third-order valence-corrected chi connectivity index (χ3v) is 7.38. The Labute approximate surface area is 211 Å². The molecule has 8 nitrogen and oxygen atoms in total. The number of carbonyl (C=O) groups excluding carboxylic acids is 1. The number of rotatable bonds is 6. The number of nitrogens with one attached hydrogen (secondary N) is 1. The van der Waals surface area contributed by atoms with E-state index in [0.717, 1.165) is 17.5 Å². The van der Waals surface area contributed by atoms with Crippen molar-refractivity contribution in [3.63, 3.8) is 0 Å². The lowest BCUT2D eigenvalue weighted by atomic mass is 10.2. The molecule has 1 saturated heterocycles. The number of fused-ring (bicyclic) bond motifs is 2. The topological polar surface area (TPSA) is 85.2 Å². The molecule has 0 spiro atoms. The Hall–Kier alpha value is -3.37. The Morgan fingerprint density at radius 2 is 2.06 bits per heavy atom. The first-order chi connectivity index (χ1) is 16.9. The standard InChI is InChI=1S/C25H24N4O4S2/c1-4-15(3)26-21-17(23(30)28-9-5-6-14(2)22(28)27-21)11-20-24(31)29(25(34)35-20)12-16-7-8-18-19(10-16)33-13-32-18/h5-11,15,26H,4,12-13H2,1-3H3/b20-11-/t15-/m0/s1. The maximum Gasteiger partial charge on any atom is 0.267 e. The number of nitrogens with zero attached hydrogens (tertiary/aromatic N) is 3. The van der Waals surface area contributed by atoms with Crippen molar-refractivity contribution in [1.82, 2.24) is 14.3 Å². The van der Waals surface area contributed by atoms with Crippen molar-refractivity contribution in [2.24, 2.45) is 0 Å². The second-order valence-electron chi connectivity index (χ2n) is 8.47. The summed E-state index contributed by atoms with van der Waals surface area (Å²) in [6, 6.07) is 9.37. The van der Waals surface area contributed by atoms with Gasteiger partial charge in [0.2, 0.25) is 6.79 Å². The summed E-state index contributed by atoms with van der Waals surface area (Å²) in [5.41, 5.74) is 2.42. The van der Waals surface area contributed by atoms with E-state index in [-0.39, 0.29) is 24.3 Å². The Kier molecular flexibility index (Phi) is 6.24. The number of thioether (sulfide) groups is 1. The molecule has 0 unspecified atom stereocenters. The molecule has 2 aliphatic heterocycles. The fraction of sp³-hybridized carbons (Fsp3) is 0.280. The maximum absolute atomic E-state index is 13.5. The van der Waals surface area contributed by atoms with E-state index in [4.69, 9.17) is 26.7 Å². The van der Waals surface area contributed by atoms with E-state index in [1.807, 2.05) is 44.2 Å². The van der Waals surface area contributed by atoms with Crippen molar-refractivity contribution in [2.45, 2.75) is 39.8 Å². The van der Waals surface area contributed by atoms with Gasteiger partial charge in [-0.25, -0.2) is 4.98 Å². The first kappa shape index (κ1) is 23.4. The summed E-state index contributed by atoms with van der Waals surface area (Å²) in [5, 5.41) is 3.33. The summed E-state index contributed by atoms with van der Waals surface area (Å²) >= 11 is 6.70. The van der Waals surface area contributed by atoms with E-state index in [1.165, 1.54) is 21.1 Å². The van der Waals surface area contributed by atoms with Crippen LogP contribution in [-0.2, 0) is 11.3 Å². The summed E-state index contributed by atoms with van der Waals surface area (Å²) in [7, 11) is 0. The quantitative estimate of drug-likeness (QED) is 0.389. The molecule has 1 atom stereocenters. The fourth-order valence-electron chi connectivity index (χ4n) is 3.88. The Bertz CT molecular complexity index is 1450. The van der Waals surface area contributed by atoms with Crippen LogP contribution in [0.2, 0.25) is 0 Å². The number of thiocarbonyl (C=S) groups is 1. The van der Waals surface area contributed by atoms with Crippen LogP contribution in [0, 0.1) is 6.92 Å². The summed E-state index contributed by atoms with van der Waals surface area (Å²) in [4.78, 5) is 33.5. The van der Waals surface area contributed by atoms with Crippen molar-refractivity contribution >= 4 is 51.7 Å². The van der Waals surface area contributed by atoms with Crippen LogP contribution < -0.4 is 20.3 Å². The molecule has 1 amide bonds. The average Bonchev–Trinajstić information content (AvgIpc) is 3.41. The van der Waals surface area contributed by atoms with Crippen LogP contribution in [0.15, 0.2) is 46.2 Å². The van der Waals surface area contributed by atoms with Crippen molar-refractivity contribution in [2.75, 3.05) is 12.1 Å². The van der Waals surface area contributed by atoms with Crippen LogP contribution in [0.4, 0.5) is 5.82 Å². The second kappa shape index (κ2) is 9.35. The van der Waals surface area contributed by atoms with Crippen LogP contribution >= 0.6 is 24.0 Å². The number of hydrogen-bond acceptors (Lipinski definition) is 8. The van der Waals surface area contributed by atoms with Crippen LogP contribution in [0.5, 0.6) is 11.5 Å². The van der Waals surface area contributed by atoms with Gasteiger partial charge in [-0.15, -0.1) is 0 Å². The highest BCUT2D eigenvalue weighted by Gasteiger charge is 2.33. The van der Waals surface area contributed by atoms with Crippen molar-refractivity contribution < 1.29 is 14.3 Å². The molecule has 10 heteroatoms. The average molecular weight is 509 g/mol. The van der Waals surface area contributed by atoms with Gasteiger partial charge in [0.1, 0.15) is 15.8 Å². The lowest BCUT2D eigenvalue weighted by Gasteiger charge is -2.16. The van der Waals surface area contributed by atoms with Gasteiger partial charge < -0.3 is 14.8 Å². The van der Waals surface area contributed by atoms with E-state index in [0.29, 0.717) is 44.3 Å². The monoisotopic (exact) mass is 508 g/mol. The van der Waals surface area contributed by atoms with Gasteiger partial charge in [-0.05, 0) is 55.7 Å². The van der Waals surface area contributed by atoms with Gasteiger partial charge in [0, 0.05) is 12.2 Å². The van der Waals surface area contributed by atoms with Gasteiger partial charge in [-0.1, -0.05) is 43.0 Å². The van der Waals surface area contributed by atoms with Gasteiger partial charge in [-0.3, -0.25) is 18.9 Å². The first-order valence-corrected chi connectivity index (χ1v) is 12.5. The lowest BCUT2D eigenvalue weighted by Crippen LogP contribution is -2.27. The molecule has 0 saturated carbocycles. The minimum atomic E-state index is -0.249. The van der Waals surface area contributed by atoms with Crippen LogP contribution in [0.3, 0.4) is 0 Å². The van der Waals surface area contributed by atoms with Crippen molar-refractivity contribution in [1.29, 1.82) is 0 Å². The molecule has 0 bridgehead atoms. The molecule has 0 radical (unpaired) electrons. The van der Waals surface area contributed by atoms with Gasteiger partial charge in [0.15, 0.2) is 11.5 Å². The minimum absolute atomic E-state index is 0.0982. The molecule has 1 aromatic carbocycles. The summed E-state index contributed by atoms with van der Waals surface area (Å²) < 4.78 is 12.7. The number of pyridine rings is 1. The Morgan fingerprint density at radius 1 is 1.26 bits per heavy atom. The number of carbonyl (C=O) groups is 1. The molecule has 5 rings (SSSR count). The zero-order valence-electron chi connectivity index (χ0n) is 19.5. The molecule has 2 aliphatic rings. The minimum Gasteiger partial charge on any atom is -0.454 e. The van der Waals surface area contributed by atoms with E-state index >= 15 is 0 Å². The number of aryl methyl sites for hydroxylation is 1. The van der Waals surface area contributed by atoms with Gasteiger partial charge in [0.25, 0.3) is 11.5 Å². The summed E-state index contributed by atoms with van der Waals surface area (Å²) in [6.45, 7) is 6.47. The summed E-state index contributed by atoms with van der Waals surface area (Å²) in [6.07, 6.45) is 4.15. The second-order valence-corrected chi connectivity index (χ2v) is 10.1. The molecule has 35 heavy (non-hydrogen) atoms. The molecule has 1 fully saturated rings. The van der Waals surface area contributed by atoms with Crippen molar-refractivity contribution in [3.8, 4) is 11.5 Å². The zero-order chi connectivity index (χ0) is 24.7. The van der Waals surface area contributed by atoms with E-state index in [9.17, 15) is 9.59 Å². The largest absolute Gasteiger partial charge is 0.454 e. The number of benzene rings is 1.